The second-order valence-corrected chi connectivity index (χ2v) is 7.37. The average molecular weight is 384 g/mol. The fraction of sp³-hybridized carbons (Fsp3) is 0.571. The highest BCUT2D eigenvalue weighted by Gasteiger charge is 2.20. The van der Waals surface area contributed by atoms with E-state index in [0.29, 0.717) is 6.04 Å². The van der Waals surface area contributed by atoms with Crippen LogP contribution in [0.15, 0.2) is 48.0 Å². The van der Waals surface area contributed by atoms with E-state index >= 15 is 0 Å². The number of nitrogens with zero attached hydrogens (tertiary/aromatic N) is 5. The Balaban J connectivity index is 1.42. The molecule has 1 aliphatic rings. The molecule has 2 heterocycles. The van der Waals surface area contributed by atoms with Crippen molar-refractivity contribution < 1.29 is 0 Å². The van der Waals surface area contributed by atoms with Crippen LogP contribution in [0, 0.1) is 0 Å². The Morgan fingerprint density at radius 2 is 2.00 bits per heavy atom. The topological polar surface area (TPSA) is 70.4 Å². The van der Waals surface area contributed by atoms with Crippen molar-refractivity contribution in [2.75, 3.05) is 26.2 Å². The van der Waals surface area contributed by atoms with Crippen molar-refractivity contribution in [1.29, 1.82) is 0 Å². The largest absolute Gasteiger partial charge is 0.357 e. The molecule has 7 nitrogen and oxygen atoms in total. The molecular formula is C21H33N7. The van der Waals surface area contributed by atoms with Gasteiger partial charge in [0.05, 0.1) is 0 Å². The summed E-state index contributed by atoms with van der Waals surface area (Å²) in [6.07, 6.45) is 8.08. The molecule has 1 aromatic carbocycles. The van der Waals surface area contributed by atoms with Crippen molar-refractivity contribution in [3.63, 3.8) is 0 Å². The third-order valence-corrected chi connectivity index (χ3v) is 5.00. The molecule has 152 valence electrons. The summed E-state index contributed by atoms with van der Waals surface area (Å²) < 4.78 is 2.01. The fourth-order valence-electron chi connectivity index (χ4n) is 3.61. The fourth-order valence-corrected chi connectivity index (χ4v) is 3.61. The van der Waals surface area contributed by atoms with Crippen molar-refractivity contribution in [3.05, 3.63) is 48.5 Å². The Bertz CT molecular complexity index is 684. The molecule has 28 heavy (non-hydrogen) atoms. The number of piperidine rings is 1. The van der Waals surface area contributed by atoms with Crippen LogP contribution in [0.25, 0.3) is 0 Å². The lowest BCUT2D eigenvalue weighted by Gasteiger charge is -2.34. The lowest BCUT2D eigenvalue weighted by molar-refractivity contribution is 0.192. The van der Waals surface area contributed by atoms with Crippen molar-refractivity contribution >= 4 is 5.96 Å². The molecule has 3 rings (SSSR count). The highest BCUT2D eigenvalue weighted by Crippen LogP contribution is 2.13. The van der Waals surface area contributed by atoms with Gasteiger partial charge in [-0.25, -0.2) is 0 Å². The predicted octanol–water partition coefficient (Wildman–Crippen LogP) is 2.28. The van der Waals surface area contributed by atoms with E-state index < -0.39 is 0 Å². The maximum Gasteiger partial charge on any atom is 0.191 e. The number of likely N-dealkylation sites (tertiary alicyclic amines) is 1. The maximum atomic E-state index is 4.77. The summed E-state index contributed by atoms with van der Waals surface area (Å²) in [7, 11) is 0. The summed E-state index contributed by atoms with van der Waals surface area (Å²) in [5, 5.41) is 14.7. The highest BCUT2D eigenvalue weighted by molar-refractivity contribution is 5.80. The Morgan fingerprint density at radius 3 is 2.79 bits per heavy atom. The van der Waals surface area contributed by atoms with Gasteiger partial charge in [-0.3, -0.25) is 9.89 Å². The van der Waals surface area contributed by atoms with Crippen LogP contribution in [0.3, 0.4) is 0 Å². The van der Waals surface area contributed by atoms with Gasteiger partial charge in [0, 0.05) is 38.8 Å². The zero-order valence-electron chi connectivity index (χ0n) is 16.9. The van der Waals surface area contributed by atoms with Crippen LogP contribution in [0.5, 0.6) is 0 Å². The van der Waals surface area contributed by atoms with Crippen LogP contribution in [-0.2, 0) is 13.1 Å². The second kappa shape index (κ2) is 11.4. The van der Waals surface area contributed by atoms with Crippen molar-refractivity contribution in [3.8, 4) is 0 Å². The summed E-state index contributed by atoms with van der Waals surface area (Å²) in [6, 6.07) is 11.2. The number of aliphatic imine (C=N–C) groups is 1. The molecule has 0 saturated carbocycles. The lowest BCUT2D eigenvalue weighted by Crippen LogP contribution is -2.51. The number of rotatable bonds is 9. The number of hydrogen-bond acceptors (Lipinski definition) is 4. The van der Waals surface area contributed by atoms with Crippen molar-refractivity contribution in [1.82, 2.24) is 30.3 Å². The van der Waals surface area contributed by atoms with Gasteiger partial charge in [-0.1, -0.05) is 30.3 Å². The lowest BCUT2D eigenvalue weighted by atomic mass is 10.0. The molecule has 1 atom stereocenters. The zero-order chi connectivity index (χ0) is 19.4. The Morgan fingerprint density at radius 1 is 1.18 bits per heavy atom. The first-order valence-corrected chi connectivity index (χ1v) is 10.5. The van der Waals surface area contributed by atoms with Gasteiger partial charge in [-0.15, -0.1) is 10.2 Å². The molecule has 1 aromatic heterocycles. The van der Waals surface area contributed by atoms with E-state index in [2.05, 4.69) is 63.0 Å². The van der Waals surface area contributed by atoms with Crippen LogP contribution in [-0.4, -0.2) is 57.8 Å². The van der Waals surface area contributed by atoms with E-state index in [1.54, 1.807) is 12.7 Å². The molecule has 0 bridgehead atoms. The summed E-state index contributed by atoms with van der Waals surface area (Å²) in [4.78, 5) is 7.31. The molecule has 2 N–H and O–H groups in total. The third kappa shape index (κ3) is 6.96. The van der Waals surface area contributed by atoms with Gasteiger partial charge in [-0.05, 0) is 44.7 Å². The smallest absolute Gasteiger partial charge is 0.191 e. The van der Waals surface area contributed by atoms with Gasteiger partial charge < -0.3 is 15.2 Å². The number of hydrogen-bond donors (Lipinski definition) is 2. The van der Waals surface area contributed by atoms with E-state index in [0.717, 1.165) is 51.5 Å². The van der Waals surface area contributed by atoms with Crippen molar-refractivity contribution in [2.45, 2.75) is 51.7 Å². The average Bonchev–Trinajstić information content (AvgIpc) is 3.22. The number of aromatic nitrogens is 3. The molecule has 1 fully saturated rings. The first-order chi connectivity index (χ1) is 13.8. The van der Waals surface area contributed by atoms with Gasteiger partial charge in [0.15, 0.2) is 5.96 Å². The van der Waals surface area contributed by atoms with Crippen LogP contribution in [0.2, 0.25) is 0 Å². The van der Waals surface area contributed by atoms with E-state index in [1.165, 1.54) is 24.9 Å². The molecule has 2 aromatic rings. The number of nitrogens with one attached hydrogen (secondary N) is 2. The van der Waals surface area contributed by atoms with Gasteiger partial charge >= 0.3 is 0 Å². The minimum absolute atomic E-state index is 0.451. The Hall–Kier alpha value is -2.41. The number of benzene rings is 1. The zero-order valence-corrected chi connectivity index (χ0v) is 16.9. The first-order valence-electron chi connectivity index (χ1n) is 10.5. The number of unbranched alkanes of at least 4 members (excludes halogenated alkanes) is 1. The molecule has 0 spiro atoms. The summed E-state index contributed by atoms with van der Waals surface area (Å²) in [5.41, 5.74) is 1.39. The predicted molar refractivity (Wildman–Crippen MR) is 113 cm³/mol. The highest BCUT2D eigenvalue weighted by atomic mass is 15.2. The van der Waals surface area contributed by atoms with Crippen LogP contribution >= 0.6 is 0 Å². The Labute approximate surface area is 168 Å². The van der Waals surface area contributed by atoms with Gasteiger partial charge in [0.25, 0.3) is 0 Å². The molecule has 1 unspecified atom stereocenters. The van der Waals surface area contributed by atoms with E-state index in [4.69, 9.17) is 4.99 Å². The second-order valence-electron chi connectivity index (χ2n) is 7.37. The maximum absolute atomic E-state index is 4.77. The summed E-state index contributed by atoms with van der Waals surface area (Å²) in [6.45, 7) is 8.03. The monoisotopic (exact) mass is 383 g/mol. The molecule has 0 aliphatic carbocycles. The quantitative estimate of drug-likeness (QED) is 0.395. The number of guanidine groups is 1. The van der Waals surface area contributed by atoms with Crippen LogP contribution < -0.4 is 10.6 Å². The summed E-state index contributed by atoms with van der Waals surface area (Å²) in [5.74, 6) is 0.943. The van der Waals surface area contributed by atoms with Crippen LogP contribution in [0.1, 0.15) is 38.2 Å². The SMILES string of the molecule is CCNC(=NCCCCn1cnnc1)NC1CCCN(Cc2ccccc2)C1. The third-order valence-electron chi connectivity index (χ3n) is 5.00. The van der Waals surface area contributed by atoms with Gasteiger partial charge in [-0.2, -0.15) is 0 Å². The van der Waals surface area contributed by atoms with E-state index in [-0.39, 0.29) is 0 Å². The minimum Gasteiger partial charge on any atom is -0.357 e. The standard InChI is InChI=1S/C21H33N7/c1-2-22-21(23-12-6-7-13-28-17-24-25-18-28)26-20-11-8-14-27(16-20)15-19-9-4-3-5-10-19/h3-5,9-10,17-18,20H,2,6-8,11-16H2,1H3,(H2,22,23,26). The van der Waals surface area contributed by atoms with Gasteiger partial charge in [0.2, 0.25) is 0 Å². The van der Waals surface area contributed by atoms with E-state index in [9.17, 15) is 0 Å². The molecule has 0 radical (unpaired) electrons. The first kappa shape index (κ1) is 20.3. The minimum atomic E-state index is 0.451. The molecule has 7 heteroatoms. The van der Waals surface area contributed by atoms with Crippen LogP contribution in [0.4, 0.5) is 0 Å². The molecular weight excluding hydrogens is 350 g/mol. The van der Waals surface area contributed by atoms with Crippen molar-refractivity contribution in [2.24, 2.45) is 4.99 Å². The summed E-state index contributed by atoms with van der Waals surface area (Å²) >= 11 is 0. The molecule has 0 amide bonds. The number of aryl methyl sites for hydroxylation is 1. The van der Waals surface area contributed by atoms with Gasteiger partial charge in [0.1, 0.15) is 12.7 Å². The molecule has 1 aliphatic heterocycles. The van der Waals surface area contributed by atoms with E-state index in [1.807, 2.05) is 4.57 Å². The normalized spacial score (nSPS) is 18.2. The molecule has 1 saturated heterocycles. The Kier molecular flexibility index (Phi) is 8.30.